The minimum Gasteiger partial charge on any atom is -0.368 e. The molecule has 0 radical (unpaired) electrons. The van der Waals surface area contributed by atoms with E-state index in [0.717, 1.165) is 6.26 Å². The lowest BCUT2D eigenvalue weighted by Gasteiger charge is -2.02. The van der Waals surface area contributed by atoms with Crippen LogP contribution in [0.25, 0.3) is 0 Å². The van der Waals surface area contributed by atoms with Crippen molar-refractivity contribution in [1.82, 2.24) is 15.0 Å². The van der Waals surface area contributed by atoms with Crippen molar-refractivity contribution >= 4 is 27.9 Å². The maximum atomic E-state index is 10.7. The molecule has 8 nitrogen and oxygen atoms in total. The van der Waals surface area contributed by atoms with Gasteiger partial charge in [-0.05, 0) is 0 Å². The molecule has 0 bridgehead atoms. The molecule has 0 saturated carbocycles. The summed E-state index contributed by atoms with van der Waals surface area (Å²) in [6.07, 6.45) is 0.961. The molecule has 1 rings (SSSR count). The lowest BCUT2D eigenvalue weighted by atomic mass is 10.8. The highest BCUT2D eigenvalue weighted by Crippen LogP contribution is 2.04. The van der Waals surface area contributed by atoms with E-state index >= 15 is 0 Å². The van der Waals surface area contributed by atoms with Crippen LogP contribution >= 0.6 is 0 Å². The molecule has 0 unspecified atom stereocenters. The van der Waals surface area contributed by atoms with Crippen molar-refractivity contribution in [3.63, 3.8) is 0 Å². The lowest BCUT2D eigenvalue weighted by Crippen LogP contribution is -2.14. The van der Waals surface area contributed by atoms with Gasteiger partial charge in [-0.15, -0.1) is 0 Å². The molecular formula is C4H8N6O2S. The fourth-order valence-corrected chi connectivity index (χ4v) is 1.04. The summed E-state index contributed by atoms with van der Waals surface area (Å²) in [4.78, 5) is 10.5. The number of nitrogens with two attached hydrogens (primary N) is 2. The van der Waals surface area contributed by atoms with E-state index in [1.165, 1.54) is 0 Å². The summed E-state index contributed by atoms with van der Waals surface area (Å²) in [6, 6.07) is 0. The van der Waals surface area contributed by atoms with Gasteiger partial charge in [-0.2, -0.15) is 15.0 Å². The quantitative estimate of drug-likeness (QED) is 0.527. The van der Waals surface area contributed by atoms with Crippen LogP contribution in [0.15, 0.2) is 0 Å². The van der Waals surface area contributed by atoms with Crippen LogP contribution in [0.5, 0.6) is 0 Å². The van der Waals surface area contributed by atoms with Gasteiger partial charge >= 0.3 is 0 Å². The van der Waals surface area contributed by atoms with Crippen LogP contribution in [0.4, 0.5) is 17.8 Å². The van der Waals surface area contributed by atoms with E-state index in [4.69, 9.17) is 11.5 Å². The average molecular weight is 204 g/mol. The molecule has 0 spiro atoms. The fraction of sp³-hybridized carbons (Fsp3) is 0.250. The van der Waals surface area contributed by atoms with Gasteiger partial charge < -0.3 is 11.5 Å². The molecule has 0 aromatic carbocycles. The van der Waals surface area contributed by atoms with Crippen LogP contribution in [0.2, 0.25) is 0 Å². The highest BCUT2D eigenvalue weighted by atomic mass is 32.2. The first-order valence-corrected chi connectivity index (χ1v) is 5.01. The predicted molar refractivity (Wildman–Crippen MR) is 47.1 cm³/mol. The van der Waals surface area contributed by atoms with Gasteiger partial charge in [0, 0.05) is 0 Å². The van der Waals surface area contributed by atoms with Gasteiger partial charge in [-0.25, -0.2) is 8.42 Å². The Kier molecular flexibility index (Phi) is 2.19. The van der Waals surface area contributed by atoms with E-state index < -0.39 is 10.0 Å². The molecule has 0 aliphatic carbocycles. The molecular weight excluding hydrogens is 196 g/mol. The number of nitrogens with one attached hydrogen (secondary N) is 1. The zero-order chi connectivity index (χ0) is 10.1. The highest BCUT2D eigenvalue weighted by Gasteiger charge is 2.06. The Bertz CT molecular complexity index is 394. The summed E-state index contributed by atoms with van der Waals surface area (Å²) in [6.45, 7) is 0. The number of nitrogens with zero attached hydrogens (tertiary/aromatic N) is 3. The number of nitrogen functional groups attached to an aromatic ring is 2. The molecule has 9 heteroatoms. The zero-order valence-electron chi connectivity index (χ0n) is 6.72. The minimum atomic E-state index is -3.42. The third-order valence-corrected chi connectivity index (χ3v) is 1.50. The van der Waals surface area contributed by atoms with Crippen LogP contribution < -0.4 is 16.2 Å². The van der Waals surface area contributed by atoms with E-state index in [0.29, 0.717) is 0 Å². The monoisotopic (exact) mass is 204 g/mol. The summed E-state index contributed by atoms with van der Waals surface area (Å²) in [5.41, 5.74) is 10.4. The summed E-state index contributed by atoms with van der Waals surface area (Å²) < 4.78 is 23.5. The van der Waals surface area contributed by atoms with Gasteiger partial charge in [0.05, 0.1) is 6.26 Å². The SMILES string of the molecule is CS(=O)(=O)Nc1nc(N)nc(N)n1. The average Bonchev–Trinajstić information content (AvgIpc) is 1.78. The molecule has 5 N–H and O–H groups in total. The van der Waals surface area contributed by atoms with E-state index in [9.17, 15) is 8.42 Å². The van der Waals surface area contributed by atoms with Crippen LogP contribution in [0, 0.1) is 0 Å². The summed E-state index contributed by atoms with van der Waals surface area (Å²) >= 11 is 0. The molecule has 1 aromatic heterocycles. The zero-order valence-corrected chi connectivity index (χ0v) is 7.54. The van der Waals surface area contributed by atoms with E-state index in [1.807, 2.05) is 4.72 Å². The third-order valence-electron chi connectivity index (χ3n) is 0.947. The van der Waals surface area contributed by atoms with Gasteiger partial charge in [-0.3, -0.25) is 4.72 Å². The van der Waals surface area contributed by atoms with Crippen molar-refractivity contribution in [3.05, 3.63) is 0 Å². The first kappa shape index (κ1) is 9.45. The van der Waals surface area contributed by atoms with Gasteiger partial charge in [-0.1, -0.05) is 0 Å². The normalized spacial score (nSPS) is 11.2. The van der Waals surface area contributed by atoms with Crippen LogP contribution in [0.3, 0.4) is 0 Å². The predicted octanol–water partition coefficient (Wildman–Crippen LogP) is -1.59. The summed E-state index contributed by atoms with van der Waals surface area (Å²) in [5.74, 6) is -0.468. The maximum Gasteiger partial charge on any atom is 0.243 e. The Morgan fingerprint density at radius 3 is 2.00 bits per heavy atom. The molecule has 0 saturated heterocycles. The highest BCUT2D eigenvalue weighted by molar-refractivity contribution is 7.91. The van der Waals surface area contributed by atoms with Crippen molar-refractivity contribution in [1.29, 1.82) is 0 Å². The molecule has 72 valence electrons. The first-order valence-electron chi connectivity index (χ1n) is 3.11. The standard InChI is InChI=1S/C4H8N6O2S/c1-13(11,12)10-4-8-2(5)7-3(6)9-4/h1H3,(H5,5,6,7,8,9,10). The Morgan fingerprint density at radius 1 is 1.15 bits per heavy atom. The van der Waals surface area contributed by atoms with Crippen molar-refractivity contribution in [2.75, 3.05) is 22.4 Å². The van der Waals surface area contributed by atoms with Crippen molar-refractivity contribution in [2.45, 2.75) is 0 Å². The molecule has 1 heterocycles. The van der Waals surface area contributed by atoms with Gasteiger partial charge in [0.15, 0.2) is 0 Å². The number of rotatable bonds is 2. The Labute approximate surface area is 74.4 Å². The first-order chi connectivity index (χ1) is 5.87. The van der Waals surface area contributed by atoms with E-state index in [1.54, 1.807) is 0 Å². The number of hydrogen-bond donors (Lipinski definition) is 3. The number of hydrogen-bond acceptors (Lipinski definition) is 7. The number of anilines is 3. The molecule has 13 heavy (non-hydrogen) atoms. The van der Waals surface area contributed by atoms with Crippen LogP contribution in [0.1, 0.15) is 0 Å². The second-order valence-corrected chi connectivity index (χ2v) is 4.00. The van der Waals surface area contributed by atoms with Crippen LogP contribution in [-0.4, -0.2) is 29.6 Å². The molecule has 0 atom stereocenters. The number of aromatic nitrogens is 3. The third kappa shape index (κ3) is 3.07. The second-order valence-electron chi connectivity index (χ2n) is 2.25. The molecule has 0 aliphatic heterocycles. The molecule has 0 fully saturated rings. The fourth-order valence-electron chi connectivity index (χ4n) is 0.621. The van der Waals surface area contributed by atoms with Crippen molar-refractivity contribution in [2.24, 2.45) is 0 Å². The Balaban J connectivity index is 3.03. The molecule has 0 aliphatic rings. The second kappa shape index (κ2) is 3.01. The largest absolute Gasteiger partial charge is 0.368 e. The Morgan fingerprint density at radius 2 is 1.62 bits per heavy atom. The van der Waals surface area contributed by atoms with Gasteiger partial charge in [0.25, 0.3) is 0 Å². The topological polar surface area (TPSA) is 137 Å². The molecule has 1 aromatic rings. The van der Waals surface area contributed by atoms with Crippen molar-refractivity contribution in [3.8, 4) is 0 Å². The summed E-state index contributed by atoms with van der Waals surface area (Å²) in [5, 5.41) is 0. The maximum absolute atomic E-state index is 10.7. The van der Waals surface area contributed by atoms with Crippen molar-refractivity contribution < 1.29 is 8.42 Å². The van der Waals surface area contributed by atoms with E-state index in [-0.39, 0.29) is 17.8 Å². The van der Waals surface area contributed by atoms with Gasteiger partial charge in [0.1, 0.15) is 0 Å². The summed E-state index contributed by atoms with van der Waals surface area (Å²) in [7, 11) is -3.42. The Hall–Kier alpha value is -1.64. The smallest absolute Gasteiger partial charge is 0.243 e. The number of sulfonamides is 1. The molecule has 0 amide bonds. The van der Waals surface area contributed by atoms with Gasteiger partial charge in [0.2, 0.25) is 27.9 Å². The van der Waals surface area contributed by atoms with E-state index in [2.05, 4.69) is 15.0 Å². The lowest BCUT2D eigenvalue weighted by molar-refractivity contribution is 0.606. The van der Waals surface area contributed by atoms with Crippen LogP contribution in [-0.2, 0) is 10.0 Å². The minimum absolute atomic E-state index is 0.140.